The maximum absolute atomic E-state index is 12.5. The van der Waals surface area contributed by atoms with Gasteiger partial charge in [-0.15, -0.1) is 0 Å². The molecule has 0 saturated heterocycles. The summed E-state index contributed by atoms with van der Waals surface area (Å²) in [6.45, 7) is 13.6. The van der Waals surface area contributed by atoms with Crippen molar-refractivity contribution in [1.82, 2.24) is 5.32 Å². The third-order valence-electron chi connectivity index (χ3n) is 5.11. The zero-order valence-electron chi connectivity index (χ0n) is 18.1. The number of hydrogen-bond acceptors (Lipinski definition) is 6. The van der Waals surface area contributed by atoms with Crippen molar-refractivity contribution < 1.29 is 23.9 Å². The lowest BCUT2D eigenvalue weighted by Gasteiger charge is -2.40. The Labute approximate surface area is 172 Å². The number of benzene rings is 1. The number of amides is 1. The van der Waals surface area contributed by atoms with Crippen LogP contribution in [-0.2, 0) is 25.5 Å². The predicted molar refractivity (Wildman–Crippen MR) is 111 cm³/mol. The summed E-state index contributed by atoms with van der Waals surface area (Å²) in [7, 11) is 1.23. The van der Waals surface area contributed by atoms with Crippen LogP contribution in [0, 0.1) is 5.41 Å². The van der Waals surface area contributed by atoms with Crippen LogP contribution >= 0.6 is 0 Å². The van der Waals surface area contributed by atoms with Gasteiger partial charge in [0, 0.05) is 11.1 Å². The molecule has 0 aliphatic carbocycles. The Bertz CT molecular complexity index is 760. The Kier molecular flexibility index (Phi) is 8.15. The molecule has 0 spiro atoms. The summed E-state index contributed by atoms with van der Waals surface area (Å²) in [5, 5.41) is 3.01. The van der Waals surface area contributed by atoms with Crippen molar-refractivity contribution in [1.29, 1.82) is 0 Å². The molecule has 1 aromatic carbocycles. The lowest BCUT2D eigenvalue weighted by molar-refractivity contribution is -0.141. The van der Waals surface area contributed by atoms with Crippen molar-refractivity contribution in [3.63, 3.8) is 0 Å². The third kappa shape index (κ3) is 7.34. The molecule has 0 heterocycles. The molecule has 7 heteroatoms. The quantitative estimate of drug-likeness (QED) is 0.392. The van der Waals surface area contributed by atoms with E-state index in [1.807, 2.05) is 13.8 Å². The molecule has 1 unspecified atom stereocenters. The second-order valence-electron chi connectivity index (χ2n) is 8.56. The predicted octanol–water partition coefficient (Wildman–Crippen LogP) is 2.52. The summed E-state index contributed by atoms with van der Waals surface area (Å²) >= 11 is 0. The minimum absolute atomic E-state index is 0.00100. The summed E-state index contributed by atoms with van der Waals surface area (Å²) < 4.78 is 9.67. The highest BCUT2D eigenvalue weighted by Crippen LogP contribution is 2.29. The van der Waals surface area contributed by atoms with Gasteiger partial charge in [0.15, 0.2) is 0 Å². The molecule has 29 heavy (non-hydrogen) atoms. The number of esters is 2. The van der Waals surface area contributed by atoms with Crippen molar-refractivity contribution >= 4 is 17.8 Å². The lowest BCUT2D eigenvalue weighted by atomic mass is 9.76. The maximum Gasteiger partial charge on any atom is 0.339 e. The van der Waals surface area contributed by atoms with Crippen LogP contribution in [0.25, 0.3) is 0 Å². The number of nitrogens with one attached hydrogen (secondary N) is 1. The molecule has 0 radical (unpaired) electrons. The molecule has 7 nitrogen and oxygen atoms in total. The molecule has 0 bridgehead atoms. The molecule has 1 rings (SSSR count). The van der Waals surface area contributed by atoms with E-state index in [1.165, 1.54) is 7.11 Å². The average molecular weight is 405 g/mol. The largest absolute Gasteiger partial charge is 0.469 e. The number of carbonyl (C=O) groups is 3. The van der Waals surface area contributed by atoms with Gasteiger partial charge in [-0.05, 0) is 43.4 Å². The molecule has 1 atom stereocenters. The molecular formula is C22H32N2O5. The fourth-order valence-electron chi connectivity index (χ4n) is 2.13. The van der Waals surface area contributed by atoms with Gasteiger partial charge in [-0.3, -0.25) is 9.59 Å². The number of hydrogen-bond donors (Lipinski definition) is 2. The highest BCUT2D eigenvalue weighted by atomic mass is 16.5. The van der Waals surface area contributed by atoms with Gasteiger partial charge in [-0.25, -0.2) is 4.79 Å². The minimum atomic E-state index is -0.705. The number of rotatable bonds is 8. The molecular weight excluding hydrogens is 372 g/mol. The second-order valence-corrected chi connectivity index (χ2v) is 8.56. The molecule has 0 aliphatic rings. The van der Waals surface area contributed by atoms with Gasteiger partial charge in [0.2, 0.25) is 5.91 Å². The zero-order chi connectivity index (χ0) is 22.4. The Balaban J connectivity index is 2.66. The van der Waals surface area contributed by atoms with Gasteiger partial charge in [0.25, 0.3) is 0 Å². The van der Waals surface area contributed by atoms with Crippen molar-refractivity contribution in [3.8, 4) is 5.75 Å². The summed E-state index contributed by atoms with van der Waals surface area (Å²) in [6, 6.07) is 5.96. The highest BCUT2D eigenvalue weighted by molar-refractivity contribution is 5.94. The van der Waals surface area contributed by atoms with Crippen LogP contribution < -0.4 is 15.8 Å². The van der Waals surface area contributed by atoms with Gasteiger partial charge in [0.05, 0.1) is 19.6 Å². The summed E-state index contributed by atoms with van der Waals surface area (Å²) in [5.74, 6) is -1.19. The Morgan fingerprint density at radius 1 is 1.10 bits per heavy atom. The van der Waals surface area contributed by atoms with E-state index in [1.54, 1.807) is 24.3 Å². The number of ether oxygens (including phenoxy) is 2. The van der Waals surface area contributed by atoms with Crippen molar-refractivity contribution in [2.45, 2.75) is 59.0 Å². The van der Waals surface area contributed by atoms with Crippen molar-refractivity contribution in [2.24, 2.45) is 11.1 Å². The van der Waals surface area contributed by atoms with Crippen molar-refractivity contribution in [3.05, 3.63) is 42.0 Å². The Morgan fingerprint density at radius 2 is 1.66 bits per heavy atom. The molecule has 0 aromatic heterocycles. The van der Waals surface area contributed by atoms with Crippen LogP contribution in [0.1, 0.15) is 46.6 Å². The average Bonchev–Trinajstić information content (AvgIpc) is 2.61. The highest BCUT2D eigenvalue weighted by Gasteiger charge is 2.35. The monoisotopic (exact) mass is 404 g/mol. The van der Waals surface area contributed by atoms with E-state index in [4.69, 9.17) is 10.5 Å². The van der Waals surface area contributed by atoms with E-state index in [0.717, 1.165) is 5.56 Å². The van der Waals surface area contributed by atoms with Crippen LogP contribution in [0.5, 0.6) is 5.75 Å². The SMILES string of the molecule is C=C(CC(=O)OC)C(=O)Oc1ccc(CC(N)C(=O)NC(C)(C)C(C)(C)C)cc1. The Hall–Kier alpha value is -2.67. The van der Waals surface area contributed by atoms with Gasteiger partial charge >= 0.3 is 11.9 Å². The van der Waals surface area contributed by atoms with Crippen molar-refractivity contribution in [2.75, 3.05) is 7.11 Å². The van der Waals surface area contributed by atoms with Gasteiger partial charge < -0.3 is 20.5 Å². The standard InChI is InChI=1S/C22H32N2O5/c1-14(12-18(25)28-7)20(27)29-16-10-8-15(9-11-16)13-17(23)19(26)24-22(5,6)21(2,3)4/h8-11,17H,1,12-13,23H2,2-7H3,(H,24,26). The van der Waals surface area contributed by atoms with E-state index in [-0.39, 0.29) is 23.3 Å². The fourth-order valence-corrected chi connectivity index (χ4v) is 2.13. The number of nitrogens with two attached hydrogens (primary N) is 1. The lowest BCUT2D eigenvalue weighted by Crippen LogP contribution is -2.56. The number of methoxy groups -OCH3 is 1. The Morgan fingerprint density at radius 3 is 2.14 bits per heavy atom. The fraction of sp³-hybridized carbons (Fsp3) is 0.500. The first kappa shape index (κ1) is 24.4. The van der Waals surface area contributed by atoms with E-state index < -0.39 is 23.5 Å². The molecule has 1 amide bonds. The van der Waals surface area contributed by atoms with Crippen LogP contribution in [0.15, 0.2) is 36.4 Å². The van der Waals surface area contributed by atoms with Crippen LogP contribution in [0.4, 0.5) is 0 Å². The molecule has 0 aliphatic heterocycles. The van der Waals surface area contributed by atoms with E-state index in [0.29, 0.717) is 12.2 Å². The van der Waals surface area contributed by atoms with Gasteiger partial charge in [-0.2, -0.15) is 0 Å². The third-order valence-corrected chi connectivity index (χ3v) is 5.11. The zero-order valence-corrected chi connectivity index (χ0v) is 18.1. The van der Waals surface area contributed by atoms with Crippen LogP contribution in [0.2, 0.25) is 0 Å². The molecule has 160 valence electrons. The smallest absolute Gasteiger partial charge is 0.339 e. The normalized spacial score (nSPS) is 12.7. The molecule has 3 N–H and O–H groups in total. The minimum Gasteiger partial charge on any atom is -0.469 e. The molecule has 1 aromatic rings. The number of carbonyl (C=O) groups excluding carboxylic acids is 3. The summed E-state index contributed by atoms with van der Waals surface area (Å²) in [6.07, 6.45) is 0.109. The first-order chi connectivity index (χ1) is 13.3. The maximum atomic E-state index is 12.5. The molecule has 0 fully saturated rings. The van der Waals surface area contributed by atoms with E-state index in [2.05, 4.69) is 37.4 Å². The van der Waals surface area contributed by atoms with Gasteiger partial charge in [-0.1, -0.05) is 39.5 Å². The summed E-state index contributed by atoms with van der Waals surface area (Å²) in [5.41, 5.74) is 6.36. The second kappa shape index (κ2) is 9.69. The molecule has 0 saturated carbocycles. The topological polar surface area (TPSA) is 108 Å². The first-order valence-electron chi connectivity index (χ1n) is 9.40. The van der Waals surface area contributed by atoms with Crippen LogP contribution in [-0.4, -0.2) is 36.5 Å². The summed E-state index contributed by atoms with van der Waals surface area (Å²) in [4.78, 5) is 35.6. The van der Waals surface area contributed by atoms with Gasteiger partial charge in [0.1, 0.15) is 5.75 Å². The first-order valence-corrected chi connectivity index (χ1v) is 9.40. The van der Waals surface area contributed by atoms with Crippen LogP contribution in [0.3, 0.4) is 0 Å². The van der Waals surface area contributed by atoms with E-state index in [9.17, 15) is 14.4 Å². The van der Waals surface area contributed by atoms with E-state index >= 15 is 0 Å².